The summed E-state index contributed by atoms with van der Waals surface area (Å²) in [6.07, 6.45) is 0. The molecule has 0 atom stereocenters. The minimum absolute atomic E-state index is 0.152. The molecule has 0 unspecified atom stereocenters. The summed E-state index contributed by atoms with van der Waals surface area (Å²) in [5, 5.41) is 3.01. The summed E-state index contributed by atoms with van der Waals surface area (Å²) in [7, 11) is -1.74. The molecular formula is C15H17FN2O2S. The molecule has 0 heterocycles. The van der Waals surface area contributed by atoms with Crippen LogP contribution in [-0.2, 0) is 22.3 Å². The predicted octanol–water partition coefficient (Wildman–Crippen LogP) is 2.49. The maximum absolute atomic E-state index is 13.1. The van der Waals surface area contributed by atoms with Crippen LogP contribution in [0.3, 0.4) is 0 Å². The molecule has 0 fully saturated rings. The second kappa shape index (κ2) is 6.69. The van der Waals surface area contributed by atoms with Crippen LogP contribution >= 0.6 is 0 Å². The molecule has 0 aliphatic heterocycles. The van der Waals surface area contributed by atoms with E-state index in [0.717, 1.165) is 11.6 Å². The second-order valence-electron chi connectivity index (χ2n) is 4.72. The molecule has 0 radical (unpaired) electrons. The maximum Gasteiger partial charge on any atom is 0.236 e. The molecule has 0 aromatic heterocycles. The fourth-order valence-corrected chi connectivity index (χ4v) is 3.20. The highest BCUT2D eigenvalue weighted by atomic mass is 32.2. The van der Waals surface area contributed by atoms with E-state index in [0.29, 0.717) is 12.1 Å². The lowest BCUT2D eigenvalue weighted by atomic mass is 10.1. The predicted molar refractivity (Wildman–Crippen MR) is 81.9 cm³/mol. The van der Waals surface area contributed by atoms with Crippen molar-refractivity contribution in [2.24, 2.45) is 0 Å². The third-order valence-corrected chi connectivity index (χ3v) is 4.09. The molecule has 0 amide bonds. The van der Waals surface area contributed by atoms with Crippen molar-refractivity contribution in [1.82, 2.24) is 5.32 Å². The van der Waals surface area contributed by atoms with E-state index in [1.54, 1.807) is 6.07 Å². The molecule has 4 nitrogen and oxygen atoms in total. The van der Waals surface area contributed by atoms with E-state index >= 15 is 0 Å². The summed E-state index contributed by atoms with van der Waals surface area (Å²) in [6.45, 7) is 0.672. The molecule has 2 aromatic carbocycles. The molecule has 2 aromatic rings. The highest BCUT2D eigenvalue weighted by Crippen LogP contribution is 2.15. The quantitative estimate of drug-likeness (QED) is 0.862. The Kier molecular flexibility index (Phi) is 4.93. The SMILES string of the molecule is CNCc1cccc(CS(=O)(=O)Nc2cccc(F)c2)c1. The van der Waals surface area contributed by atoms with Crippen molar-refractivity contribution in [3.05, 3.63) is 65.5 Å². The van der Waals surface area contributed by atoms with Crippen molar-refractivity contribution in [1.29, 1.82) is 0 Å². The molecule has 0 saturated carbocycles. The molecule has 112 valence electrons. The number of sulfonamides is 1. The first-order valence-electron chi connectivity index (χ1n) is 6.47. The zero-order valence-corrected chi connectivity index (χ0v) is 12.5. The monoisotopic (exact) mass is 308 g/mol. The average molecular weight is 308 g/mol. The molecule has 0 aliphatic carbocycles. The van der Waals surface area contributed by atoms with E-state index in [1.807, 2.05) is 25.2 Å². The van der Waals surface area contributed by atoms with Crippen molar-refractivity contribution in [2.75, 3.05) is 11.8 Å². The Balaban J connectivity index is 2.12. The van der Waals surface area contributed by atoms with Crippen LogP contribution in [0.1, 0.15) is 11.1 Å². The first-order chi connectivity index (χ1) is 9.98. The van der Waals surface area contributed by atoms with Crippen LogP contribution in [0.15, 0.2) is 48.5 Å². The van der Waals surface area contributed by atoms with Gasteiger partial charge in [-0.15, -0.1) is 0 Å². The van der Waals surface area contributed by atoms with Gasteiger partial charge in [-0.3, -0.25) is 4.72 Å². The van der Waals surface area contributed by atoms with Crippen molar-refractivity contribution >= 4 is 15.7 Å². The molecular weight excluding hydrogens is 291 g/mol. The third-order valence-electron chi connectivity index (χ3n) is 2.83. The Bertz CT molecular complexity index is 717. The molecule has 2 N–H and O–H groups in total. The van der Waals surface area contributed by atoms with Crippen molar-refractivity contribution in [3.8, 4) is 0 Å². The van der Waals surface area contributed by atoms with Gasteiger partial charge in [0.2, 0.25) is 10.0 Å². The van der Waals surface area contributed by atoms with Gasteiger partial charge in [0.25, 0.3) is 0 Å². The summed E-state index contributed by atoms with van der Waals surface area (Å²) in [5.74, 6) is -0.632. The van der Waals surface area contributed by atoms with Crippen LogP contribution in [0.2, 0.25) is 0 Å². The number of anilines is 1. The van der Waals surface area contributed by atoms with Crippen LogP contribution in [0.5, 0.6) is 0 Å². The topological polar surface area (TPSA) is 58.2 Å². The van der Waals surface area contributed by atoms with Crippen LogP contribution < -0.4 is 10.0 Å². The molecule has 6 heteroatoms. The lowest BCUT2D eigenvalue weighted by Gasteiger charge is -2.09. The first kappa shape index (κ1) is 15.5. The Labute approximate surface area is 124 Å². The Morgan fingerprint density at radius 2 is 1.76 bits per heavy atom. The lowest BCUT2D eigenvalue weighted by molar-refractivity contribution is 0.600. The van der Waals surface area contributed by atoms with Crippen LogP contribution in [0, 0.1) is 5.82 Å². The van der Waals surface area contributed by atoms with Gasteiger partial charge < -0.3 is 5.32 Å². The Hall–Kier alpha value is -1.92. The second-order valence-corrected chi connectivity index (χ2v) is 6.44. The van der Waals surface area contributed by atoms with Crippen LogP contribution in [0.4, 0.5) is 10.1 Å². The summed E-state index contributed by atoms with van der Waals surface area (Å²) in [6, 6.07) is 12.7. The summed E-state index contributed by atoms with van der Waals surface area (Å²) >= 11 is 0. The van der Waals surface area contributed by atoms with Gasteiger partial charge in [0, 0.05) is 6.54 Å². The minimum atomic E-state index is -3.57. The molecule has 0 saturated heterocycles. The average Bonchev–Trinajstić information content (AvgIpc) is 2.38. The van der Waals surface area contributed by atoms with Gasteiger partial charge in [0.05, 0.1) is 11.4 Å². The number of benzene rings is 2. The van der Waals surface area contributed by atoms with Gasteiger partial charge in [0.1, 0.15) is 5.82 Å². The van der Waals surface area contributed by atoms with Crippen molar-refractivity contribution in [3.63, 3.8) is 0 Å². The largest absolute Gasteiger partial charge is 0.316 e. The van der Waals surface area contributed by atoms with E-state index in [2.05, 4.69) is 10.0 Å². The van der Waals surface area contributed by atoms with Gasteiger partial charge in [-0.1, -0.05) is 30.3 Å². The van der Waals surface area contributed by atoms with E-state index in [-0.39, 0.29) is 11.4 Å². The summed E-state index contributed by atoms with van der Waals surface area (Å²) in [4.78, 5) is 0. The van der Waals surface area contributed by atoms with Crippen LogP contribution in [0.25, 0.3) is 0 Å². The minimum Gasteiger partial charge on any atom is -0.316 e. The van der Waals surface area contributed by atoms with Crippen molar-refractivity contribution < 1.29 is 12.8 Å². The van der Waals surface area contributed by atoms with Gasteiger partial charge in [-0.25, -0.2) is 12.8 Å². The standard InChI is InChI=1S/C15H17FN2O2S/c1-17-10-12-4-2-5-13(8-12)11-21(19,20)18-15-7-3-6-14(16)9-15/h2-9,17-18H,10-11H2,1H3. The van der Waals surface area contributed by atoms with E-state index in [9.17, 15) is 12.8 Å². The van der Waals surface area contributed by atoms with Crippen molar-refractivity contribution in [2.45, 2.75) is 12.3 Å². The number of nitrogens with one attached hydrogen (secondary N) is 2. The van der Waals surface area contributed by atoms with Gasteiger partial charge in [0.15, 0.2) is 0 Å². The number of rotatable bonds is 6. The molecule has 21 heavy (non-hydrogen) atoms. The fourth-order valence-electron chi connectivity index (χ4n) is 2.02. The molecule has 0 aliphatic rings. The summed E-state index contributed by atoms with van der Waals surface area (Å²) in [5.41, 5.74) is 1.92. The number of halogens is 1. The third kappa shape index (κ3) is 4.84. The molecule has 0 spiro atoms. The Morgan fingerprint density at radius 1 is 1.05 bits per heavy atom. The van der Waals surface area contributed by atoms with Gasteiger partial charge in [-0.05, 0) is 36.4 Å². The summed E-state index contributed by atoms with van der Waals surface area (Å²) < 4.78 is 39.6. The first-order valence-corrected chi connectivity index (χ1v) is 8.12. The van der Waals surface area contributed by atoms with E-state index < -0.39 is 15.8 Å². The molecule has 2 rings (SSSR count). The molecule has 0 bridgehead atoms. The smallest absolute Gasteiger partial charge is 0.236 e. The van der Waals surface area contributed by atoms with Gasteiger partial charge in [-0.2, -0.15) is 0 Å². The lowest BCUT2D eigenvalue weighted by Crippen LogP contribution is -2.15. The van der Waals surface area contributed by atoms with E-state index in [1.165, 1.54) is 18.2 Å². The number of hydrogen-bond acceptors (Lipinski definition) is 3. The highest BCUT2D eigenvalue weighted by Gasteiger charge is 2.12. The van der Waals surface area contributed by atoms with E-state index in [4.69, 9.17) is 0 Å². The van der Waals surface area contributed by atoms with Gasteiger partial charge >= 0.3 is 0 Å². The van der Waals surface area contributed by atoms with Crippen LogP contribution in [-0.4, -0.2) is 15.5 Å². The fraction of sp³-hybridized carbons (Fsp3) is 0.200. The highest BCUT2D eigenvalue weighted by molar-refractivity contribution is 7.91. The Morgan fingerprint density at radius 3 is 2.48 bits per heavy atom. The zero-order valence-electron chi connectivity index (χ0n) is 11.6. The maximum atomic E-state index is 13.1. The number of hydrogen-bond donors (Lipinski definition) is 2. The normalized spacial score (nSPS) is 11.3. The zero-order chi connectivity index (χ0) is 15.3.